The van der Waals surface area contributed by atoms with E-state index in [2.05, 4.69) is 26.6 Å². The first-order chi connectivity index (χ1) is 8.63. The van der Waals surface area contributed by atoms with Crippen molar-refractivity contribution in [1.82, 2.24) is 0 Å². The fourth-order valence-electron chi connectivity index (χ4n) is 1.39. The highest BCUT2D eigenvalue weighted by Gasteiger charge is 1.99. The van der Waals surface area contributed by atoms with Gasteiger partial charge in [-0.2, -0.15) is 0 Å². The van der Waals surface area contributed by atoms with Gasteiger partial charge in [-0.05, 0) is 54.7 Å². The lowest BCUT2D eigenvalue weighted by Gasteiger charge is -2.10. The van der Waals surface area contributed by atoms with Crippen molar-refractivity contribution in [3.8, 4) is 0 Å². The van der Waals surface area contributed by atoms with Crippen molar-refractivity contribution in [3.63, 3.8) is 0 Å². The summed E-state index contributed by atoms with van der Waals surface area (Å²) < 4.78 is 13.7. The lowest BCUT2D eigenvalue weighted by atomic mass is 10.3. The molecular formula is C13H10BrFN2S. The summed E-state index contributed by atoms with van der Waals surface area (Å²) in [5.74, 6) is -0.272. The van der Waals surface area contributed by atoms with Gasteiger partial charge in [0.25, 0.3) is 0 Å². The highest BCUT2D eigenvalue weighted by molar-refractivity contribution is 9.10. The smallest absolute Gasteiger partial charge is 0.175 e. The molecule has 0 unspecified atom stereocenters. The number of anilines is 2. The van der Waals surface area contributed by atoms with E-state index in [0.717, 1.165) is 15.8 Å². The predicted octanol–water partition coefficient (Wildman–Crippen LogP) is 4.40. The first kappa shape index (κ1) is 13.0. The Morgan fingerprint density at radius 3 is 2.33 bits per heavy atom. The molecule has 0 aliphatic rings. The van der Waals surface area contributed by atoms with E-state index in [1.165, 1.54) is 12.1 Å². The Morgan fingerprint density at radius 2 is 1.67 bits per heavy atom. The number of halogens is 2. The molecular weight excluding hydrogens is 315 g/mol. The van der Waals surface area contributed by atoms with Gasteiger partial charge in [0.1, 0.15) is 5.82 Å². The summed E-state index contributed by atoms with van der Waals surface area (Å²) in [4.78, 5) is 0. The van der Waals surface area contributed by atoms with Gasteiger partial charge < -0.3 is 10.6 Å². The topological polar surface area (TPSA) is 24.1 Å². The minimum absolute atomic E-state index is 0.272. The lowest BCUT2D eigenvalue weighted by Crippen LogP contribution is -2.18. The molecule has 2 aromatic rings. The molecule has 2 nitrogen and oxygen atoms in total. The molecule has 0 aliphatic heterocycles. The van der Waals surface area contributed by atoms with Gasteiger partial charge >= 0.3 is 0 Å². The summed E-state index contributed by atoms with van der Waals surface area (Å²) in [7, 11) is 0. The second-order valence-corrected chi connectivity index (χ2v) is 4.92. The Kier molecular flexibility index (Phi) is 4.28. The zero-order valence-electron chi connectivity index (χ0n) is 9.28. The van der Waals surface area contributed by atoms with Crippen LogP contribution in [0.15, 0.2) is 53.0 Å². The van der Waals surface area contributed by atoms with Crippen LogP contribution in [0.4, 0.5) is 15.8 Å². The first-order valence-corrected chi connectivity index (χ1v) is 6.43. The molecule has 2 aromatic carbocycles. The van der Waals surface area contributed by atoms with Crippen LogP contribution in [0.1, 0.15) is 0 Å². The molecule has 0 radical (unpaired) electrons. The zero-order chi connectivity index (χ0) is 13.0. The molecule has 0 atom stereocenters. The van der Waals surface area contributed by atoms with Crippen LogP contribution in [0.25, 0.3) is 0 Å². The van der Waals surface area contributed by atoms with Gasteiger partial charge in [0.05, 0.1) is 0 Å². The maximum Gasteiger partial charge on any atom is 0.175 e. The van der Waals surface area contributed by atoms with Gasteiger partial charge in [0, 0.05) is 15.8 Å². The zero-order valence-corrected chi connectivity index (χ0v) is 11.7. The monoisotopic (exact) mass is 324 g/mol. The van der Waals surface area contributed by atoms with E-state index in [0.29, 0.717) is 5.11 Å². The Hall–Kier alpha value is -1.46. The van der Waals surface area contributed by atoms with Crippen molar-refractivity contribution in [2.45, 2.75) is 0 Å². The van der Waals surface area contributed by atoms with E-state index >= 15 is 0 Å². The summed E-state index contributed by atoms with van der Waals surface area (Å²) in [6.07, 6.45) is 0. The van der Waals surface area contributed by atoms with Crippen LogP contribution < -0.4 is 10.6 Å². The summed E-state index contributed by atoms with van der Waals surface area (Å²) in [5.41, 5.74) is 1.62. The fourth-order valence-corrected chi connectivity index (χ4v) is 2.03. The van der Waals surface area contributed by atoms with Crippen LogP contribution >= 0.6 is 28.1 Å². The van der Waals surface area contributed by atoms with Gasteiger partial charge in [-0.3, -0.25) is 0 Å². The molecule has 2 N–H and O–H groups in total. The van der Waals surface area contributed by atoms with Crippen LogP contribution in [0, 0.1) is 5.82 Å². The number of hydrogen-bond acceptors (Lipinski definition) is 1. The van der Waals surface area contributed by atoms with E-state index in [4.69, 9.17) is 12.2 Å². The summed E-state index contributed by atoms with van der Waals surface area (Å²) in [6.45, 7) is 0. The molecule has 5 heteroatoms. The molecule has 92 valence electrons. The number of thiocarbonyl (C=S) groups is 1. The van der Waals surface area contributed by atoms with Crippen molar-refractivity contribution in [2.75, 3.05) is 10.6 Å². The van der Waals surface area contributed by atoms with E-state index in [-0.39, 0.29) is 5.82 Å². The highest BCUT2D eigenvalue weighted by Crippen LogP contribution is 2.16. The third kappa shape index (κ3) is 3.78. The van der Waals surface area contributed by atoms with Crippen molar-refractivity contribution in [3.05, 3.63) is 58.8 Å². The molecule has 0 fully saturated rings. The van der Waals surface area contributed by atoms with E-state index in [9.17, 15) is 4.39 Å². The minimum atomic E-state index is -0.272. The summed E-state index contributed by atoms with van der Waals surface area (Å²) >= 11 is 8.54. The quantitative estimate of drug-likeness (QED) is 0.801. The lowest BCUT2D eigenvalue weighted by molar-refractivity contribution is 0.628. The average Bonchev–Trinajstić information content (AvgIpc) is 2.32. The number of rotatable bonds is 2. The minimum Gasteiger partial charge on any atom is -0.332 e. The Balaban J connectivity index is 1.98. The van der Waals surface area contributed by atoms with Crippen molar-refractivity contribution >= 4 is 44.6 Å². The summed E-state index contributed by atoms with van der Waals surface area (Å²) in [6, 6.07) is 13.7. The number of nitrogens with one attached hydrogen (secondary N) is 2. The molecule has 0 aliphatic carbocycles. The van der Waals surface area contributed by atoms with E-state index < -0.39 is 0 Å². The van der Waals surface area contributed by atoms with Crippen LogP contribution in [-0.2, 0) is 0 Å². The SMILES string of the molecule is Fc1ccc(NC(=S)Nc2cccc(Br)c2)cc1. The number of benzene rings is 2. The molecule has 0 aromatic heterocycles. The molecule has 0 heterocycles. The molecule has 0 saturated carbocycles. The van der Waals surface area contributed by atoms with Gasteiger partial charge in [0.2, 0.25) is 0 Å². The van der Waals surface area contributed by atoms with Gasteiger partial charge in [0.15, 0.2) is 5.11 Å². The normalized spacial score (nSPS) is 9.89. The Labute approximate surface area is 118 Å². The van der Waals surface area contributed by atoms with Crippen LogP contribution in [-0.4, -0.2) is 5.11 Å². The van der Waals surface area contributed by atoms with Crippen molar-refractivity contribution in [2.24, 2.45) is 0 Å². The average molecular weight is 325 g/mol. The van der Waals surface area contributed by atoms with Crippen molar-refractivity contribution < 1.29 is 4.39 Å². The van der Waals surface area contributed by atoms with Crippen LogP contribution in [0.2, 0.25) is 0 Å². The molecule has 0 bridgehead atoms. The Morgan fingerprint density at radius 1 is 1.00 bits per heavy atom. The standard InChI is InChI=1S/C13H10BrFN2S/c14-9-2-1-3-12(8-9)17-13(18)16-11-6-4-10(15)5-7-11/h1-8H,(H2,16,17,18). The van der Waals surface area contributed by atoms with Gasteiger partial charge in [-0.15, -0.1) is 0 Å². The molecule has 18 heavy (non-hydrogen) atoms. The second-order valence-electron chi connectivity index (χ2n) is 3.60. The van der Waals surface area contributed by atoms with Gasteiger partial charge in [-0.1, -0.05) is 22.0 Å². The molecule has 0 spiro atoms. The predicted molar refractivity (Wildman–Crippen MR) is 80.4 cm³/mol. The van der Waals surface area contributed by atoms with E-state index in [1.807, 2.05) is 24.3 Å². The second kappa shape index (κ2) is 5.93. The Bertz CT molecular complexity index is 557. The van der Waals surface area contributed by atoms with E-state index in [1.54, 1.807) is 12.1 Å². The molecule has 0 saturated heterocycles. The maximum absolute atomic E-state index is 12.7. The van der Waals surface area contributed by atoms with Gasteiger partial charge in [-0.25, -0.2) is 4.39 Å². The third-order valence-corrected chi connectivity index (χ3v) is 2.88. The molecule has 2 rings (SSSR count). The largest absolute Gasteiger partial charge is 0.332 e. The fraction of sp³-hybridized carbons (Fsp3) is 0. The maximum atomic E-state index is 12.7. The van der Waals surface area contributed by atoms with Crippen LogP contribution in [0.5, 0.6) is 0 Å². The first-order valence-electron chi connectivity index (χ1n) is 5.22. The van der Waals surface area contributed by atoms with Crippen molar-refractivity contribution in [1.29, 1.82) is 0 Å². The van der Waals surface area contributed by atoms with Crippen LogP contribution in [0.3, 0.4) is 0 Å². The summed E-state index contributed by atoms with van der Waals surface area (Å²) in [5, 5.41) is 6.48. The molecule has 0 amide bonds. The third-order valence-electron chi connectivity index (χ3n) is 2.18. The highest BCUT2D eigenvalue weighted by atomic mass is 79.9. The number of hydrogen-bond donors (Lipinski definition) is 2.